The minimum absolute atomic E-state index is 0.128. The molecule has 26 heavy (non-hydrogen) atoms. The van der Waals surface area contributed by atoms with Crippen molar-refractivity contribution < 1.29 is 23.4 Å². The second kappa shape index (κ2) is 6.55. The van der Waals surface area contributed by atoms with Gasteiger partial charge in [0.2, 0.25) is 12.7 Å². The molecule has 0 atom stereocenters. The molecule has 0 saturated heterocycles. The van der Waals surface area contributed by atoms with E-state index in [-0.39, 0.29) is 30.4 Å². The van der Waals surface area contributed by atoms with Crippen LogP contribution >= 0.6 is 0 Å². The van der Waals surface area contributed by atoms with Gasteiger partial charge in [0.15, 0.2) is 23.8 Å². The van der Waals surface area contributed by atoms with Gasteiger partial charge in [-0.1, -0.05) is 13.8 Å². The number of amides is 1. The quantitative estimate of drug-likeness (QED) is 0.819. The van der Waals surface area contributed by atoms with Gasteiger partial charge in [-0.15, -0.1) is 0 Å². The van der Waals surface area contributed by atoms with Crippen molar-refractivity contribution in [1.29, 1.82) is 0 Å². The largest absolute Gasteiger partial charge is 0.484 e. The van der Waals surface area contributed by atoms with Gasteiger partial charge < -0.3 is 23.9 Å². The summed E-state index contributed by atoms with van der Waals surface area (Å²) in [4.78, 5) is 16.5. The summed E-state index contributed by atoms with van der Waals surface area (Å²) in [5.74, 6) is 2.65. The molecule has 1 N–H and O–H groups in total. The average Bonchev–Trinajstić information content (AvgIpc) is 3.05. The fraction of sp³-hybridized carbons (Fsp3) is 0.474. The molecular weight excluding hydrogens is 336 g/mol. The molecule has 0 unspecified atom stereocenters. The number of fused-ring (bicyclic) bond motifs is 1. The lowest BCUT2D eigenvalue weighted by atomic mass is 9.92. The van der Waals surface area contributed by atoms with Gasteiger partial charge in [-0.2, -0.15) is 0 Å². The normalized spacial score (nSPS) is 16.6. The van der Waals surface area contributed by atoms with E-state index < -0.39 is 0 Å². The van der Waals surface area contributed by atoms with Gasteiger partial charge >= 0.3 is 0 Å². The number of hydrogen-bond donors (Lipinski definition) is 1. The maximum absolute atomic E-state index is 12.3. The van der Waals surface area contributed by atoms with Gasteiger partial charge in [-0.25, -0.2) is 4.98 Å². The van der Waals surface area contributed by atoms with Crippen LogP contribution < -0.4 is 19.5 Å². The van der Waals surface area contributed by atoms with Crippen molar-refractivity contribution in [3.8, 4) is 17.2 Å². The zero-order valence-corrected chi connectivity index (χ0v) is 14.9. The zero-order valence-electron chi connectivity index (χ0n) is 14.9. The van der Waals surface area contributed by atoms with Crippen LogP contribution in [0.1, 0.15) is 43.1 Å². The van der Waals surface area contributed by atoms with Gasteiger partial charge in [0, 0.05) is 12.6 Å². The molecule has 1 aliphatic heterocycles. The molecule has 1 aromatic heterocycles. The van der Waals surface area contributed by atoms with Crippen LogP contribution in [0, 0.1) is 11.3 Å². The Balaban J connectivity index is 1.31. The lowest BCUT2D eigenvalue weighted by molar-refractivity contribution is 0.0934. The minimum Gasteiger partial charge on any atom is -0.484 e. The Morgan fingerprint density at radius 1 is 1.31 bits per heavy atom. The summed E-state index contributed by atoms with van der Waals surface area (Å²) in [6.07, 6.45) is 3.69. The fourth-order valence-corrected chi connectivity index (χ4v) is 3.06. The third-order valence-corrected chi connectivity index (χ3v) is 5.21. The van der Waals surface area contributed by atoms with Crippen LogP contribution in [-0.2, 0) is 6.61 Å². The summed E-state index contributed by atoms with van der Waals surface area (Å²) in [5.41, 5.74) is 0.527. The Labute approximate surface area is 151 Å². The highest BCUT2D eigenvalue weighted by Gasteiger charge is 2.45. The van der Waals surface area contributed by atoms with E-state index >= 15 is 0 Å². The number of aromatic nitrogens is 1. The Bertz CT molecular complexity index is 810. The number of ether oxygens (including phenoxy) is 3. The van der Waals surface area contributed by atoms with Crippen LogP contribution in [0.4, 0.5) is 0 Å². The number of nitrogens with zero attached hydrogens (tertiary/aromatic N) is 1. The van der Waals surface area contributed by atoms with E-state index in [1.807, 2.05) is 0 Å². The first kappa shape index (κ1) is 16.8. The van der Waals surface area contributed by atoms with Crippen LogP contribution in [0.25, 0.3) is 0 Å². The predicted molar refractivity (Wildman–Crippen MR) is 92.2 cm³/mol. The number of oxazole rings is 1. The minimum atomic E-state index is -0.213. The Hall–Kier alpha value is -2.70. The van der Waals surface area contributed by atoms with Gasteiger partial charge in [-0.05, 0) is 36.3 Å². The highest BCUT2D eigenvalue weighted by Crippen LogP contribution is 2.51. The highest BCUT2D eigenvalue weighted by molar-refractivity contribution is 5.91. The molecule has 138 valence electrons. The molecule has 0 radical (unpaired) electrons. The highest BCUT2D eigenvalue weighted by atomic mass is 16.7. The summed E-state index contributed by atoms with van der Waals surface area (Å²) >= 11 is 0. The van der Waals surface area contributed by atoms with E-state index in [1.54, 1.807) is 18.2 Å². The van der Waals surface area contributed by atoms with Crippen molar-refractivity contribution in [3.63, 3.8) is 0 Å². The maximum atomic E-state index is 12.3. The van der Waals surface area contributed by atoms with E-state index in [1.165, 1.54) is 19.1 Å². The van der Waals surface area contributed by atoms with Gasteiger partial charge in [0.1, 0.15) is 12.0 Å². The molecule has 2 aromatic rings. The third-order valence-electron chi connectivity index (χ3n) is 5.21. The molecule has 0 bridgehead atoms. The molecule has 1 fully saturated rings. The van der Waals surface area contributed by atoms with Crippen molar-refractivity contribution in [2.24, 2.45) is 11.3 Å². The van der Waals surface area contributed by atoms with Crippen molar-refractivity contribution in [2.45, 2.75) is 33.3 Å². The lowest BCUT2D eigenvalue weighted by Crippen LogP contribution is -2.32. The van der Waals surface area contributed by atoms with Crippen molar-refractivity contribution in [1.82, 2.24) is 10.3 Å². The average molecular weight is 358 g/mol. The first-order valence-electron chi connectivity index (χ1n) is 8.81. The first-order valence-corrected chi connectivity index (χ1v) is 8.81. The third kappa shape index (κ3) is 3.34. The van der Waals surface area contributed by atoms with Crippen molar-refractivity contribution in [2.75, 3.05) is 13.3 Å². The Morgan fingerprint density at radius 2 is 2.12 bits per heavy atom. The van der Waals surface area contributed by atoms with E-state index in [4.69, 9.17) is 18.6 Å². The molecule has 2 aliphatic rings. The molecule has 7 nitrogen and oxygen atoms in total. The molecule has 1 amide bonds. The van der Waals surface area contributed by atoms with Gasteiger partial charge in [-0.3, -0.25) is 4.79 Å². The van der Waals surface area contributed by atoms with Crippen LogP contribution in [0.5, 0.6) is 17.2 Å². The zero-order chi connectivity index (χ0) is 18.1. The first-order chi connectivity index (χ1) is 12.6. The second-order valence-corrected chi connectivity index (χ2v) is 7.13. The number of carbonyl (C=O) groups is 1. The number of benzene rings is 1. The summed E-state index contributed by atoms with van der Waals surface area (Å²) in [5, 5.41) is 2.97. The lowest BCUT2D eigenvalue weighted by Gasteiger charge is -2.19. The molecule has 7 heteroatoms. The maximum Gasteiger partial charge on any atom is 0.273 e. The predicted octanol–water partition coefficient (Wildman–Crippen LogP) is 3.15. The van der Waals surface area contributed by atoms with Crippen molar-refractivity contribution in [3.05, 3.63) is 36.0 Å². The summed E-state index contributed by atoms with van der Waals surface area (Å²) in [6, 6.07) is 5.32. The van der Waals surface area contributed by atoms with Gasteiger partial charge in [0.25, 0.3) is 5.91 Å². The molecule has 1 aromatic carbocycles. The smallest absolute Gasteiger partial charge is 0.273 e. The van der Waals surface area contributed by atoms with Gasteiger partial charge in [0.05, 0.1) is 0 Å². The number of nitrogens with one attached hydrogen (secondary N) is 1. The van der Waals surface area contributed by atoms with Crippen LogP contribution in [0.15, 0.2) is 28.9 Å². The molecule has 4 rings (SSSR count). The topological polar surface area (TPSA) is 82.8 Å². The van der Waals surface area contributed by atoms with E-state index in [0.717, 1.165) is 0 Å². The van der Waals surface area contributed by atoms with Crippen LogP contribution in [0.3, 0.4) is 0 Å². The summed E-state index contributed by atoms with van der Waals surface area (Å²) < 4.78 is 21.6. The van der Waals surface area contributed by atoms with E-state index in [0.29, 0.717) is 35.6 Å². The monoisotopic (exact) mass is 358 g/mol. The Morgan fingerprint density at radius 3 is 2.88 bits per heavy atom. The Kier molecular flexibility index (Phi) is 4.22. The molecular formula is C19H22N2O5. The van der Waals surface area contributed by atoms with E-state index in [9.17, 15) is 4.79 Å². The molecule has 1 saturated carbocycles. The standard InChI is InChI=1S/C19H22N2O5/c1-12(2)19(5-6-19)10-20-18(22)14-8-24-17(21-14)9-23-13-3-4-15-16(7-13)26-11-25-15/h3-4,7-8,12H,5-6,9-11H2,1-2H3,(H,20,22). The second-order valence-electron chi connectivity index (χ2n) is 7.13. The van der Waals surface area contributed by atoms with Crippen LogP contribution in [0.2, 0.25) is 0 Å². The van der Waals surface area contributed by atoms with Crippen LogP contribution in [-0.4, -0.2) is 24.2 Å². The molecule has 2 heterocycles. The SMILES string of the molecule is CC(C)C1(CNC(=O)c2coc(COc3ccc4c(c3)OCO4)n2)CC1. The summed E-state index contributed by atoms with van der Waals surface area (Å²) in [7, 11) is 0. The number of hydrogen-bond acceptors (Lipinski definition) is 6. The number of carbonyl (C=O) groups excluding carboxylic acids is 1. The number of rotatable bonds is 7. The summed E-state index contributed by atoms with van der Waals surface area (Å²) in [6.45, 7) is 5.42. The fourth-order valence-electron chi connectivity index (χ4n) is 3.06. The van der Waals surface area contributed by atoms with E-state index in [2.05, 4.69) is 24.1 Å². The molecule has 0 spiro atoms. The van der Waals surface area contributed by atoms with Crippen molar-refractivity contribution >= 4 is 5.91 Å². The molecule has 1 aliphatic carbocycles.